The monoisotopic (exact) mass is 288 g/mol. The number of imidazole rings is 1. The topological polar surface area (TPSA) is 64.4 Å². The molecule has 1 heterocycles. The van der Waals surface area contributed by atoms with E-state index >= 15 is 0 Å². The zero-order valence-electron chi connectivity index (χ0n) is 12.2. The van der Waals surface area contributed by atoms with E-state index in [4.69, 9.17) is 9.84 Å². The van der Waals surface area contributed by atoms with Gasteiger partial charge < -0.3 is 14.4 Å². The van der Waals surface area contributed by atoms with Crippen molar-refractivity contribution in [1.82, 2.24) is 9.55 Å². The van der Waals surface area contributed by atoms with E-state index in [-0.39, 0.29) is 0 Å². The van der Waals surface area contributed by atoms with Gasteiger partial charge in [-0.1, -0.05) is 0 Å². The SMILES string of the molecule is COCCCCn1c(C2CC2)nc2cc(C(=O)O)ccc21. The first-order valence-corrected chi connectivity index (χ1v) is 7.43. The molecule has 1 aromatic heterocycles. The number of unbranched alkanes of at least 4 members (excludes halogenated alkanes) is 1. The normalized spacial score (nSPS) is 14.7. The molecule has 21 heavy (non-hydrogen) atoms. The Bertz CT molecular complexity index is 659. The van der Waals surface area contributed by atoms with Crippen molar-refractivity contribution in [2.45, 2.75) is 38.1 Å². The lowest BCUT2D eigenvalue weighted by Crippen LogP contribution is -2.04. The molecule has 3 rings (SSSR count). The second-order valence-corrected chi connectivity index (χ2v) is 5.60. The third-order valence-corrected chi connectivity index (χ3v) is 3.95. The van der Waals surface area contributed by atoms with E-state index in [1.807, 2.05) is 6.07 Å². The number of fused-ring (bicyclic) bond motifs is 1. The van der Waals surface area contributed by atoms with Gasteiger partial charge in [0.25, 0.3) is 0 Å². The summed E-state index contributed by atoms with van der Waals surface area (Å²) in [6.07, 6.45) is 4.44. The van der Waals surface area contributed by atoms with Crippen LogP contribution in [0.25, 0.3) is 11.0 Å². The van der Waals surface area contributed by atoms with Crippen molar-refractivity contribution in [3.8, 4) is 0 Å². The molecule has 0 spiro atoms. The van der Waals surface area contributed by atoms with Gasteiger partial charge in [0, 0.05) is 26.2 Å². The van der Waals surface area contributed by atoms with Gasteiger partial charge in [-0.15, -0.1) is 0 Å². The summed E-state index contributed by atoms with van der Waals surface area (Å²) in [5.74, 6) is 0.762. The van der Waals surface area contributed by atoms with Crippen LogP contribution in [-0.4, -0.2) is 34.3 Å². The molecule has 5 nitrogen and oxygen atoms in total. The summed E-state index contributed by atoms with van der Waals surface area (Å²) >= 11 is 0. The highest BCUT2D eigenvalue weighted by atomic mass is 16.5. The average molecular weight is 288 g/mol. The maximum atomic E-state index is 11.1. The molecule has 112 valence electrons. The third kappa shape index (κ3) is 2.93. The summed E-state index contributed by atoms with van der Waals surface area (Å²) in [6, 6.07) is 5.22. The first-order valence-electron chi connectivity index (χ1n) is 7.43. The standard InChI is InChI=1S/C16H20N2O3/c1-21-9-3-2-8-18-14-7-6-12(16(19)20)10-13(14)17-15(18)11-4-5-11/h6-7,10-11H,2-5,8-9H2,1H3,(H,19,20). The largest absolute Gasteiger partial charge is 0.478 e. The van der Waals surface area contributed by atoms with E-state index < -0.39 is 5.97 Å². The van der Waals surface area contributed by atoms with Crippen molar-refractivity contribution in [3.63, 3.8) is 0 Å². The van der Waals surface area contributed by atoms with Crippen LogP contribution in [0.2, 0.25) is 0 Å². The Labute approximate surface area is 123 Å². The molecule has 1 aromatic carbocycles. The zero-order chi connectivity index (χ0) is 14.8. The first-order chi connectivity index (χ1) is 10.2. The smallest absolute Gasteiger partial charge is 0.335 e. The fourth-order valence-electron chi connectivity index (χ4n) is 2.69. The molecule has 5 heteroatoms. The van der Waals surface area contributed by atoms with E-state index in [0.717, 1.165) is 42.9 Å². The number of carbonyl (C=O) groups is 1. The van der Waals surface area contributed by atoms with Crippen LogP contribution in [0.15, 0.2) is 18.2 Å². The summed E-state index contributed by atoms with van der Waals surface area (Å²) in [7, 11) is 1.72. The second kappa shape index (κ2) is 5.85. The summed E-state index contributed by atoms with van der Waals surface area (Å²) in [5.41, 5.74) is 2.14. The molecular formula is C16H20N2O3. The van der Waals surface area contributed by atoms with Gasteiger partial charge in [0.2, 0.25) is 0 Å². The van der Waals surface area contributed by atoms with Gasteiger partial charge in [0.05, 0.1) is 16.6 Å². The zero-order valence-corrected chi connectivity index (χ0v) is 12.2. The van der Waals surface area contributed by atoms with Crippen LogP contribution >= 0.6 is 0 Å². The van der Waals surface area contributed by atoms with Crippen LogP contribution in [0.4, 0.5) is 0 Å². The van der Waals surface area contributed by atoms with Crippen molar-refractivity contribution < 1.29 is 14.6 Å². The Kier molecular flexibility index (Phi) is 3.92. The number of benzene rings is 1. The van der Waals surface area contributed by atoms with Gasteiger partial charge in [0.1, 0.15) is 5.82 Å². The van der Waals surface area contributed by atoms with Gasteiger partial charge in [-0.3, -0.25) is 0 Å². The lowest BCUT2D eigenvalue weighted by Gasteiger charge is -2.08. The Morgan fingerprint density at radius 1 is 1.43 bits per heavy atom. The van der Waals surface area contributed by atoms with Crippen LogP contribution < -0.4 is 0 Å². The van der Waals surface area contributed by atoms with Gasteiger partial charge in [0.15, 0.2) is 0 Å². The highest BCUT2D eigenvalue weighted by molar-refractivity contribution is 5.92. The Hall–Kier alpha value is -1.88. The summed E-state index contributed by atoms with van der Waals surface area (Å²) in [4.78, 5) is 15.8. The quantitative estimate of drug-likeness (QED) is 0.795. The predicted molar refractivity (Wildman–Crippen MR) is 79.8 cm³/mol. The Morgan fingerprint density at radius 3 is 2.90 bits per heavy atom. The highest BCUT2D eigenvalue weighted by Gasteiger charge is 2.29. The number of carboxylic acid groups (broad SMARTS) is 1. The van der Waals surface area contributed by atoms with E-state index in [9.17, 15) is 4.79 Å². The van der Waals surface area contributed by atoms with E-state index in [1.165, 1.54) is 12.8 Å². The van der Waals surface area contributed by atoms with Crippen LogP contribution in [-0.2, 0) is 11.3 Å². The lowest BCUT2D eigenvalue weighted by atomic mass is 10.2. The van der Waals surface area contributed by atoms with E-state index in [0.29, 0.717) is 11.5 Å². The maximum Gasteiger partial charge on any atom is 0.335 e. The Morgan fingerprint density at radius 2 is 2.24 bits per heavy atom. The second-order valence-electron chi connectivity index (χ2n) is 5.60. The number of carboxylic acids is 1. The summed E-state index contributed by atoms with van der Waals surface area (Å²) in [5, 5.41) is 9.09. The van der Waals surface area contributed by atoms with Crippen LogP contribution in [0.3, 0.4) is 0 Å². The molecule has 0 aliphatic heterocycles. The molecule has 1 aliphatic rings. The minimum absolute atomic E-state index is 0.300. The van der Waals surface area contributed by atoms with Gasteiger partial charge in [-0.25, -0.2) is 9.78 Å². The lowest BCUT2D eigenvalue weighted by molar-refractivity contribution is 0.0697. The number of rotatable bonds is 7. The molecule has 0 saturated heterocycles. The number of nitrogens with zero attached hydrogens (tertiary/aromatic N) is 2. The van der Waals surface area contributed by atoms with Gasteiger partial charge in [-0.05, 0) is 43.9 Å². The summed E-state index contributed by atoms with van der Waals surface area (Å²) in [6.45, 7) is 1.69. The molecule has 0 bridgehead atoms. The minimum atomic E-state index is -0.903. The van der Waals surface area contributed by atoms with Crippen LogP contribution in [0.5, 0.6) is 0 Å². The summed E-state index contributed by atoms with van der Waals surface area (Å²) < 4.78 is 7.35. The number of hydrogen-bond donors (Lipinski definition) is 1. The van der Waals surface area contributed by atoms with Gasteiger partial charge >= 0.3 is 5.97 Å². The molecule has 0 atom stereocenters. The molecule has 1 aliphatic carbocycles. The van der Waals surface area contributed by atoms with Gasteiger partial charge in [-0.2, -0.15) is 0 Å². The fourth-order valence-corrected chi connectivity index (χ4v) is 2.69. The molecule has 1 N–H and O–H groups in total. The number of hydrogen-bond acceptors (Lipinski definition) is 3. The van der Waals surface area contributed by atoms with E-state index in [2.05, 4.69) is 9.55 Å². The third-order valence-electron chi connectivity index (χ3n) is 3.95. The molecule has 0 amide bonds. The predicted octanol–water partition coefficient (Wildman–Crippen LogP) is 3.04. The van der Waals surface area contributed by atoms with Crippen LogP contribution in [0.1, 0.15) is 47.8 Å². The van der Waals surface area contributed by atoms with Crippen molar-refractivity contribution in [3.05, 3.63) is 29.6 Å². The number of methoxy groups -OCH3 is 1. The maximum absolute atomic E-state index is 11.1. The molecular weight excluding hydrogens is 268 g/mol. The van der Waals surface area contributed by atoms with E-state index in [1.54, 1.807) is 19.2 Å². The molecule has 0 unspecified atom stereocenters. The molecule has 1 fully saturated rings. The number of aryl methyl sites for hydroxylation is 1. The Balaban J connectivity index is 1.91. The molecule has 0 radical (unpaired) electrons. The van der Waals surface area contributed by atoms with Crippen LogP contribution in [0, 0.1) is 0 Å². The van der Waals surface area contributed by atoms with Crippen molar-refractivity contribution >= 4 is 17.0 Å². The molecule has 2 aromatic rings. The number of aromatic carboxylic acids is 1. The fraction of sp³-hybridized carbons (Fsp3) is 0.500. The van der Waals surface area contributed by atoms with Crippen molar-refractivity contribution in [1.29, 1.82) is 0 Å². The average Bonchev–Trinajstić information content (AvgIpc) is 3.25. The number of aromatic nitrogens is 2. The first kappa shape index (κ1) is 14.1. The minimum Gasteiger partial charge on any atom is -0.478 e. The highest BCUT2D eigenvalue weighted by Crippen LogP contribution is 2.40. The van der Waals surface area contributed by atoms with Crippen molar-refractivity contribution in [2.75, 3.05) is 13.7 Å². The van der Waals surface area contributed by atoms with Crippen molar-refractivity contribution in [2.24, 2.45) is 0 Å². The number of ether oxygens (including phenoxy) is 1. The molecule has 1 saturated carbocycles.